The maximum atomic E-state index is 2.70. The van der Waals surface area contributed by atoms with Crippen LogP contribution in [-0.2, 0) is 18.7 Å². The average Bonchev–Trinajstić information content (AvgIpc) is 3.75. The van der Waals surface area contributed by atoms with Crippen molar-refractivity contribution in [2.45, 2.75) is 151 Å². The molecule has 4 aliphatic heterocycles. The van der Waals surface area contributed by atoms with Gasteiger partial charge in [-0.3, -0.25) is 0 Å². The highest BCUT2D eigenvalue weighted by molar-refractivity contribution is 7.63. The number of benzene rings is 2. The molecular formula is C39H60P4. The lowest BCUT2D eigenvalue weighted by atomic mass is 9.95. The van der Waals surface area contributed by atoms with Crippen LogP contribution in [0.2, 0.25) is 0 Å². The second-order valence-electron chi connectivity index (χ2n) is 15.3. The maximum absolute atomic E-state index is 2.70. The van der Waals surface area contributed by atoms with E-state index in [1.165, 1.54) is 57.3 Å². The Labute approximate surface area is 270 Å². The molecule has 0 spiro atoms. The number of aryl methyl sites for hydroxylation is 1. The first kappa shape index (κ1) is 33.1. The molecule has 0 aliphatic carbocycles. The maximum Gasteiger partial charge on any atom is 0.0161 e. The van der Waals surface area contributed by atoms with Crippen LogP contribution in [0.15, 0.2) is 42.5 Å². The van der Waals surface area contributed by atoms with Crippen molar-refractivity contribution in [1.82, 2.24) is 0 Å². The Hall–Kier alpha value is 0.160. The summed E-state index contributed by atoms with van der Waals surface area (Å²) < 4.78 is 0. The van der Waals surface area contributed by atoms with Crippen LogP contribution < -0.4 is 0 Å². The fraction of sp³-hybridized carbons (Fsp3) is 0.692. The fourth-order valence-corrected chi connectivity index (χ4v) is 24.7. The van der Waals surface area contributed by atoms with Crippen LogP contribution in [0.1, 0.15) is 132 Å². The minimum absolute atomic E-state index is 0.00943. The Morgan fingerprint density at radius 2 is 1.26 bits per heavy atom. The van der Waals surface area contributed by atoms with E-state index < -0.39 is 0 Å². The van der Waals surface area contributed by atoms with Crippen LogP contribution in [-0.4, -0.2) is 46.8 Å². The first-order chi connectivity index (χ1) is 20.7. The zero-order valence-corrected chi connectivity index (χ0v) is 32.1. The molecule has 0 N–H and O–H groups in total. The topological polar surface area (TPSA) is 0 Å². The zero-order chi connectivity index (χ0) is 30.3. The molecule has 0 aromatic heterocycles. The van der Waals surface area contributed by atoms with Gasteiger partial charge in [-0.05, 0) is 145 Å². The average molecular weight is 653 g/mol. The van der Waals surface area contributed by atoms with Gasteiger partial charge >= 0.3 is 0 Å². The third-order valence-electron chi connectivity index (χ3n) is 12.0. The first-order valence-corrected chi connectivity index (χ1v) is 24.9. The van der Waals surface area contributed by atoms with Gasteiger partial charge in [0.05, 0.1) is 0 Å². The molecule has 0 nitrogen and oxygen atoms in total. The Kier molecular flexibility index (Phi) is 10.8. The van der Waals surface area contributed by atoms with Crippen LogP contribution in [0.4, 0.5) is 0 Å². The monoisotopic (exact) mass is 652 g/mol. The summed E-state index contributed by atoms with van der Waals surface area (Å²) in [7, 11) is 0.438. The van der Waals surface area contributed by atoms with Crippen molar-refractivity contribution >= 4 is 31.7 Å². The van der Waals surface area contributed by atoms with E-state index in [2.05, 4.69) is 90.7 Å². The summed E-state index contributed by atoms with van der Waals surface area (Å²) in [6, 6.07) is 17.4. The number of hydrogen-bond donors (Lipinski definition) is 0. The van der Waals surface area contributed by atoms with Crippen LogP contribution in [0, 0.1) is 0 Å². The van der Waals surface area contributed by atoms with E-state index in [1.54, 1.807) is 53.0 Å². The molecule has 236 valence electrons. The second-order valence-corrected chi connectivity index (χ2v) is 26.8. The van der Waals surface area contributed by atoms with E-state index in [4.69, 9.17) is 0 Å². The largest absolute Gasteiger partial charge is 0.100 e. The first-order valence-electron chi connectivity index (χ1n) is 17.9. The molecule has 43 heavy (non-hydrogen) atoms. The van der Waals surface area contributed by atoms with Crippen molar-refractivity contribution in [3.05, 3.63) is 70.3 Å². The highest BCUT2D eigenvalue weighted by Gasteiger charge is 2.47. The van der Waals surface area contributed by atoms with Crippen molar-refractivity contribution in [2.75, 3.05) is 19.0 Å². The van der Waals surface area contributed by atoms with Crippen LogP contribution in [0.25, 0.3) is 0 Å². The van der Waals surface area contributed by atoms with Gasteiger partial charge in [0, 0.05) is 11.3 Å². The molecule has 4 aliphatic rings. The summed E-state index contributed by atoms with van der Waals surface area (Å²) >= 11 is 0. The molecule has 9 atom stereocenters. The predicted molar refractivity (Wildman–Crippen MR) is 202 cm³/mol. The third kappa shape index (κ3) is 6.78. The van der Waals surface area contributed by atoms with Crippen molar-refractivity contribution in [3.8, 4) is 0 Å². The molecule has 0 saturated carbocycles. The molecule has 2 saturated heterocycles. The van der Waals surface area contributed by atoms with E-state index in [-0.39, 0.29) is 23.8 Å². The van der Waals surface area contributed by atoms with Crippen molar-refractivity contribution in [1.29, 1.82) is 0 Å². The quantitative estimate of drug-likeness (QED) is 0.224. The molecule has 6 rings (SSSR count). The number of fused-ring (bicyclic) bond motifs is 2. The highest BCUT2D eigenvalue weighted by atomic mass is 31.1. The standard InChI is InChI=1S/C39H60P4/c1-8-31-18-19-32(9-2)41(31)23-24-42-33(10-3)20-21-34(42)17-15-28-16-22-36-30(25-28)26-40(7)37(36)38-35-14-12-11-13-29(35)27-43(38)39(4,5)6/h11-14,16,22,25,31-34,37-38H,8-10,15,17-21,23-24,26-27H2,1-7H3/t31-,32-,33?,34-,37-,38-,40+,42?,43+/m1/s1. The van der Waals surface area contributed by atoms with E-state index in [0.717, 1.165) is 34.0 Å². The van der Waals surface area contributed by atoms with Gasteiger partial charge in [-0.25, -0.2) is 0 Å². The van der Waals surface area contributed by atoms with Gasteiger partial charge in [-0.1, -0.05) is 108 Å². The molecule has 2 aromatic carbocycles. The molecule has 2 unspecified atom stereocenters. The van der Waals surface area contributed by atoms with Crippen LogP contribution in [0.3, 0.4) is 0 Å². The van der Waals surface area contributed by atoms with E-state index in [0.29, 0.717) is 13.1 Å². The minimum atomic E-state index is -0.0664. The summed E-state index contributed by atoms with van der Waals surface area (Å²) in [5.74, 6) is 0. The number of hydrogen-bond acceptors (Lipinski definition) is 0. The predicted octanol–water partition coefficient (Wildman–Crippen LogP) is 13.1. The van der Waals surface area contributed by atoms with Crippen LogP contribution >= 0.6 is 31.7 Å². The zero-order valence-electron chi connectivity index (χ0n) is 28.5. The minimum Gasteiger partial charge on any atom is -0.100 e. The lowest BCUT2D eigenvalue weighted by molar-refractivity contribution is 0.674. The number of rotatable bonds is 10. The Morgan fingerprint density at radius 1 is 0.674 bits per heavy atom. The molecule has 4 heteroatoms. The Bertz CT molecular complexity index is 1220. The van der Waals surface area contributed by atoms with Gasteiger partial charge in [0.15, 0.2) is 0 Å². The van der Waals surface area contributed by atoms with E-state index >= 15 is 0 Å². The highest BCUT2D eigenvalue weighted by Crippen LogP contribution is 2.78. The van der Waals surface area contributed by atoms with Gasteiger partial charge in [0.25, 0.3) is 0 Å². The van der Waals surface area contributed by atoms with Crippen molar-refractivity contribution in [3.63, 3.8) is 0 Å². The van der Waals surface area contributed by atoms with Gasteiger partial charge < -0.3 is 0 Å². The van der Waals surface area contributed by atoms with Crippen molar-refractivity contribution < 1.29 is 0 Å². The lowest BCUT2D eigenvalue weighted by Gasteiger charge is -2.38. The van der Waals surface area contributed by atoms with Gasteiger partial charge in [-0.15, -0.1) is 7.92 Å². The van der Waals surface area contributed by atoms with E-state index in [1.807, 2.05) is 0 Å². The third-order valence-corrected chi connectivity index (χ3v) is 26.2. The molecule has 4 heterocycles. The summed E-state index contributed by atoms with van der Waals surface area (Å²) in [6.45, 7) is 17.7. The SMILES string of the molecule is CCC1CC[C@@H](CCc2ccc3c(c2)C[P@](C)[C@H]3[C@H]2c3ccccc3C[P@]2C(C)(C)C)P1CCP1[C@H](CC)CC[C@H]1CC. The summed E-state index contributed by atoms with van der Waals surface area (Å²) in [5, 5.41) is 0.404. The molecule has 0 amide bonds. The second kappa shape index (κ2) is 14.1. The lowest BCUT2D eigenvalue weighted by Crippen LogP contribution is -2.16. The molecule has 2 aromatic rings. The fourth-order valence-electron chi connectivity index (χ4n) is 9.62. The molecule has 2 fully saturated rings. The van der Waals surface area contributed by atoms with Gasteiger partial charge in [0.2, 0.25) is 0 Å². The summed E-state index contributed by atoms with van der Waals surface area (Å²) in [6.07, 6.45) is 19.2. The van der Waals surface area contributed by atoms with Crippen LogP contribution in [0.5, 0.6) is 0 Å². The Morgan fingerprint density at radius 3 is 1.88 bits per heavy atom. The van der Waals surface area contributed by atoms with Crippen molar-refractivity contribution in [2.24, 2.45) is 0 Å². The normalized spacial score (nSPS) is 34.2. The summed E-state index contributed by atoms with van der Waals surface area (Å²) in [5.41, 5.74) is 14.3. The van der Waals surface area contributed by atoms with Gasteiger partial charge in [-0.2, -0.15) is 0 Å². The van der Waals surface area contributed by atoms with E-state index in [9.17, 15) is 0 Å². The Balaban J connectivity index is 1.14. The molecular weight excluding hydrogens is 592 g/mol. The van der Waals surface area contributed by atoms with Gasteiger partial charge in [0.1, 0.15) is 0 Å². The molecule has 0 radical (unpaired) electrons. The summed E-state index contributed by atoms with van der Waals surface area (Å²) in [4.78, 5) is 0. The molecule has 0 bridgehead atoms. The smallest absolute Gasteiger partial charge is 0.0161 e.